The number of carbonyl (C=O) groups excluding carboxylic acids is 2. The number of amides is 2. The number of carbonyl (C=O) groups is 2. The standard InChI is InChI=1S/C20H24N6O3S/c1-3-25-19-16(15(17(21)28)22-18(23-19)13-6-8-30-11-13)26(20(25)29)10-14(27)24-7-4-5-12(2)9-24/h6,8,11-12H,3-5,7,9-10H2,1-2H3,(H2,21,28)/t12-/m1/s1. The molecule has 0 bridgehead atoms. The molecule has 1 aliphatic heterocycles. The van der Waals surface area contributed by atoms with Gasteiger partial charge in [-0.3, -0.25) is 18.7 Å². The number of rotatable bonds is 5. The monoisotopic (exact) mass is 428 g/mol. The van der Waals surface area contributed by atoms with E-state index in [1.165, 1.54) is 20.5 Å². The highest BCUT2D eigenvalue weighted by molar-refractivity contribution is 7.08. The first-order valence-electron chi connectivity index (χ1n) is 10.0. The van der Waals surface area contributed by atoms with Gasteiger partial charge in [0.15, 0.2) is 17.2 Å². The zero-order valence-electron chi connectivity index (χ0n) is 17.0. The van der Waals surface area contributed by atoms with E-state index >= 15 is 0 Å². The highest BCUT2D eigenvalue weighted by Crippen LogP contribution is 2.24. The number of fused-ring (bicyclic) bond motifs is 1. The van der Waals surface area contributed by atoms with Crippen molar-refractivity contribution < 1.29 is 9.59 Å². The first kappa shape index (κ1) is 20.3. The van der Waals surface area contributed by atoms with Crippen LogP contribution in [0, 0.1) is 5.92 Å². The van der Waals surface area contributed by atoms with Crippen LogP contribution in [0.5, 0.6) is 0 Å². The Balaban J connectivity index is 1.85. The average Bonchev–Trinajstić information content (AvgIpc) is 3.34. The Bertz CT molecular complexity index is 1160. The van der Waals surface area contributed by atoms with Crippen molar-refractivity contribution in [3.05, 3.63) is 33.0 Å². The molecule has 9 nitrogen and oxygen atoms in total. The molecule has 2 N–H and O–H groups in total. The second kappa shape index (κ2) is 8.02. The molecule has 0 aliphatic carbocycles. The lowest BCUT2D eigenvalue weighted by atomic mass is 10.0. The number of likely N-dealkylation sites (tertiary alicyclic amines) is 1. The summed E-state index contributed by atoms with van der Waals surface area (Å²) in [6, 6.07) is 1.84. The zero-order chi connectivity index (χ0) is 21.4. The van der Waals surface area contributed by atoms with Crippen LogP contribution in [0.15, 0.2) is 21.6 Å². The molecule has 1 saturated heterocycles. The Labute approximate surface area is 177 Å². The maximum absolute atomic E-state index is 13.1. The number of nitrogens with two attached hydrogens (primary N) is 1. The summed E-state index contributed by atoms with van der Waals surface area (Å²) in [7, 11) is 0. The largest absolute Gasteiger partial charge is 0.364 e. The van der Waals surface area contributed by atoms with Gasteiger partial charge in [0.05, 0.1) is 0 Å². The normalized spacial score (nSPS) is 16.9. The molecule has 1 fully saturated rings. The summed E-state index contributed by atoms with van der Waals surface area (Å²) in [5.74, 6) is -0.168. The maximum atomic E-state index is 13.1. The van der Waals surface area contributed by atoms with Crippen molar-refractivity contribution in [3.8, 4) is 11.4 Å². The molecule has 0 spiro atoms. The van der Waals surface area contributed by atoms with Crippen molar-refractivity contribution in [1.29, 1.82) is 0 Å². The van der Waals surface area contributed by atoms with Crippen molar-refractivity contribution in [2.75, 3.05) is 13.1 Å². The maximum Gasteiger partial charge on any atom is 0.330 e. The third-order valence-electron chi connectivity index (χ3n) is 5.49. The Kier molecular flexibility index (Phi) is 5.42. The fourth-order valence-electron chi connectivity index (χ4n) is 3.99. The van der Waals surface area contributed by atoms with E-state index in [2.05, 4.69) is 16.9 Å². The predicted octanol–water partition coefficient (Wildman–Crippen LogP) is 1.70. The van der Waals surface area contributed by atoms with Crippen LogP contribution in [0.4, 0.5) is 0 Å². The molecule has 0 radical (unpaired) electrons. The minimum atomic E-state index is -0.764. The number of piperidine rings is 1. The van der Waals surface area contributed by atoms with Crippen molar-refractivity contribution in [3.63, 3.8) is 0 Å². The van der Waals surface area contributed by atoms with Crippen LogP contribution in [-0.4, -0.2) is 48.9 Å². The van der Waals surface area contributed by atoms with E-state index in [0.29, 0.717) is 37.0 Å². The van der Waals surface area contributed by atoms with Crippen molar-refractivity contribution >= 4 is 34.3 Å². The second-order valence-electron chi connectivity index (χ2n) is 7.64. The van der Waals surface area contributed by atoms with Crippen molar-refractivity contribution in [2.24, 2.45) is 11.7 Å². The molecule has 3 aromatic rings. The molecular weight excluding hydrogens is 404 g/mol. The molecule has 1 atom stereocenters. The molecule has 4 rings (SSSR count). The minimum absolute atomic E-state index is 0.0506. The molecule has 158 valence electrons. The van der Waals surface area contributed by atoms with Crippen LogP contribution in [0.1, 0.15) is 37.2 Å². The first-order valence-corrected chi connectivity index (χ1v) is 11.0. The van der Waals surface area contributed by atoms with E-state index in [-0.39, 0.29) is 23.7 Å². The van der Waals surface area contributed by atoms with Crippen LogP contribution < -0.4 is 11.4 Å². The molecule has 1 aliphatic rings. The molecule has 0 unspecified atom stereocenters. The summed E-state index contributed by atoms with van der Waals surface area (Å²) in [6.07, 6.45) is 2.03. The van der Waals surface area contributed by atoms with Gasteiger partial charge in [0.2, 0.25) is 5.91 Å². The van der Waals surface area contributed by atoms with E-state index in [1.54, 1.807) is 4.90 Å². The van der Waals surface area contributed by atoms with Gasteiger partial charge in [-0.25, -0.2) is 14.8 Å². The Hall–Kier alpha value is -3.01. The summed E-state index contributed by atoms with van der Waals surface area (Å²) < 4.78 is 2.74. The van der Waals surface area contributed by atoms with E-state index < -0.39 is 11.6 Å². The van der Waals surface area contributed by atoms with Crippen LogP contribution in [-0.2, 0) is 17.9 Å². The number of aromatic nitrogens is 4. The summed E-state index contributed by atoms with van der Waals surface area (Å²) in [4.78, 5) is 49.0. The summed E-state index contributed by atoms with van der Waals surface area (Å²) >= 11 is 1.48. The molecule has 0 saturated carbocycles. The second-order valence-corrected chi connectivity index (χ2v) is 8.42. The van der Waals surface area contributed by atoms with Gasteiger partial charge in [0.25, 0.3) is 5.91 Å². The topological polar surface area (TPSA) is 116 Å². The predicted molar refractivity (Wildman–Crippen MR) is 114 cm³/mol. The number of hydrogen-bond donors (Lipinski definition) is 1. The smallest absolute Gasteiger partial charge is 0.330 e. The Morgan fingerprint density at radius 3 is 2.73 bits per heavy atom. The Morgan fingerprint density at radius 1 is 1.30 bits per heavy atom. The van der Waals surface area contributed by atoms with E-state index in [0.717, 1.165) is 18.4 Å². The van der Waals surface area contributed by atoms with Gasteiger partial charge >= 0.3 is 5.69 Å². The fourth-order valence-corrected chi connectivity index (χ4v) is 4.62. The molecule has 0 aromatic carbocycles. The van der Waals surface area contributed by atoms with Gasteiger partial charge in [-0.15, -0.1) is 0 Å². The Morgan fingerprint density at radius 2 is 2.10 bits per heavy atom. The highest BCUT2D eigenvalue weighted by Gasteiger charge is 2.27. The van der Waals surface area contributed by atoms with E-state index in [9.17, 15) is 14.4 Å². The average molecular weight is 429 g/mol. The number of aryl methyl sites for hydroxylation is 1. The quantitative estimate of drug-likeness (QED) is 0.664. The molecule has 30 heavy (non-hydrogen) atoms. The first-order chi connectivity index (χ1) is 14.4. The molecule has 4 heterocycles. The van der Waals surface area contributed by atoms with Crippen LogP contribution in [0.2, 0.25) is 0 Å². The lowest BCUT2D eigenvalue weighted by molar-refractivity contribution is -0.133. The fraction of sp³-hybridized carbons (Fsp3) is 0.450. The van der Waals surface area contributed by atoms with Crippen molar-refractivity contribution in [1.82, 2.24) is 24.0 Å². The number of primary amides is 1. The highest BCUT2D eigenvalue weighted by atomic mass is 32.1. The molecule has 3 aromatic heterocycles. The van der Waals surface area contributed by atoms with Gasteiger partial charge in [-0.1, -0.05) is 6.92 Å². The van der Waals surface area contributed by atoms with Crippen LogP contribution in [0.3, 0.4) is 0 Å². The third-order valence-corrected chi connectivity index (χ3v) is 6.17. The SMILES string of the molecule is CCn1c(=O)n(CC(=O)N2CCC[C@@H](C)C2)c2c(C(N)=O)nc(-c3ccsc3)nc21. The number of hydrogen-bond acceptors (Lipinski definition) is 6. The number of nitrogens with zero attached hydrogens (tertiary/aromatic N) is 5. The van der Waals surface area contributed by atoms with Crippen LogP contribution >= 0.6 is 11.3 Å². The number of thiophene rings is 1. The lowest BCUT2D eigenvalue weighted by Crippen LogP contribution is -2.42. The molecule has 10 heteroatoms. The van der Waals surface area contributed by atoms with Gasteiger partial charge in [-0.2, -0.15) is 11.3 Å². The van der Waals surface area contributed by atoms with Crippen molar-refractivity contribution in [2.45, 2.75) is 39.8 Å². The lowest BCUT2D eigenvalue weighted by Gasteiger charge is -2.31. The summed E-state index contributed by atoms with van der Waals surface area (Å²) in [5, 5.41) is 3.74. The minimum Gasteiger partial charge on any atom is -0.364 e. The van der Waals surface area contributed by atoms with Gasteiger partial charge in [0, 0.05) is 30.6 Å². The van der Waals surface area contributed by atoms with E-state index in [1.807, 2.05) is 23.8 Å². The van der Waals surface area contributed by atoms with Gasteiger partial charge < -0.3 is 10.6 Å². The molecule has 2 amide bonds. The van der Waals surface area contributed by atoms with Crippen LogP contribution in [0.25, 0.3) is 22.6 Å². The zero-order valence-corrected chi connectivity index (χ0v) is 17.8. The summed E-state index contributed by atoms with van der Waals surface area (Å²) in [5.41, 5.74) is 6.44. The molecular formula is C20H24N6O3S. The van der Waals surface area contributed by atoms with Gasteiger partial charge in [0.1, 0.15) is 12.1 Å². The van der Waals surface area contributed by atoms with E-state index in [4.69, 9.17) is 5.73 Å². The van der Waals surface area contributed by atoms with Gasteiger partial charge in [-0.05, 0) is 37.1 Å². The summed E-state index contributed by atoms with van der Waals surface area (Å²) in [6.45, 7) is 5.44. The third kappa shape index (κ3) is 3.51. The number of imidazole rings is 1.